The molecule has 3 amide bonds. The predicted molar refractivity (Wildman–Crippen MR) is 129 cm³/mol. The molecule has 0 unspecified atom stereocenters. The molecule has 176 valence electrons. The summed E-state index contributed by atoms with van der Waals surface area (Å²) in [6.07, 6.45) is 1.18. The van der Waals surface area contributed by atoms with Crippen LogP contribution < -0.4 is 16.0 Å². The Morgan fingerprint density at radius 3 is 1.73 bits per heavy atom. The number of hydrogen-bond donors (Lipinski definition) is 5. The summed E-state index contributed by atoms with van der Waals surface area (Å²) in [5.41, 5.74) is 0. The van der Waals surface area contributed by atoms with E-state index in [-0.39, 0.29) is 41.8 Å². The zero-order chi connectivity index (χ0) is 23.9. The Balaban J connectivity index is 0. The molecular formula is C21H41N3O4S2. The Hall–Kier alpha value is -1.22. The third-order valence-electron chi connectivity index (χ3n) is 4.70. The molecule has 30 heavy (non-hydrogen) atoms. The highest BCUT2D eigenvalue weighted by Gasteiger charge is 2.19. The van der Waals surface area contributed by atoms with Crippen molar-refractivity contribution in [2.24, 2.45) is 17.8 Å². The largest absolute Gasteiger partial charge is 0.353 e. The molecule has 3 atom stereocenters. The van der Waals surface area contributed by atoms with Gasteiger partial charge in [0.2, 0.25) is 17.7 Å². The van der Waals surface area contributed by atoms with Crippen molar-refractivity contribution >= 4 is 48.8 Å². The SMILES string of the molecule is CC(=O)CNC(=O)[C@H](CS)NC(=O)CC[C@H](C)C(C)C.CC(=O)N[C@@H](CS)C(C)C. The van der Waals surface area contributed by atoms with Gasteiger partial charge in [0.1, 0.15) is 11.8 Å². The van der Waals surface area contributed by atoms with E-state index < -0.39 is 6.04 Å². The molecule has 0 saturated heterocycles. The average Bonchev–Trinajstić information content (AvgIpc) is 2.66. The van der Waals surface area contributed by atoms with E-state index >= 15 is 0 Å². The Morgan fingerprint density at radius 1 is 0.833 bits per heavy atom. The second-order valence-corrected chi connectivity index (χ2v) is 8.95. The first-order valence-electron chi connectivity index (χ1n) is 10.4. The fourth-order valence-corrected chi connectivity index (χ4v) is 2.94. The molecule has 0 bridgehead atoms. The van der Waals surface area contributed by atoms with Gasteiger partial charge in [-0.15, -0.1) is 0 Å². The summed E-state index contributed by atoms with van der Waals surface area (Å²) >= 11 is 8.17. The zero-order valence-electron chi connectivity index (χ0n) is 19.4. The first kappa shape index (κ1) is 31.0. The first-order valence-corrected chi connectivity index (χ1v) is 11.7. The van der Waals surface area contributed by atoms with Crippen LogP contribution in [0, 0.1) is 17.8 Å². The molecule has 0 heterocycles. The van der Waals surface area contributed by atoms with E-state index in [9.17, 15) is 19.2 Å². The number of amides is 3. The van der Waals surface area contributed by atoms with Crippen LogP contribution in [0.3, 0.4) is 0 Å². The standard InChI is InChI=1S/C14H26N2O3S.C7H15NOS/c1-9(2)10(3)5-6-13(18)16-12(8-20)14(19)15-7-11(4)17;1-5(2)7(4-10)8-6(3)9/h9-10,12,20H,5-8H2,1-4H3,(H,15,19)(H,16,18);5,7,10H,4H2,1-3H3,(H,8,9)/t10-,12-;7-/m00/s1. The summed E-state index contributed by atoms with van der Waals surface area (Å²) in [6.45, 7) is 13.4. The lowest BCUT2D eigenvalue weighted by Crippen LogP contribution is -2.48. The van der Waals surface area contributed by atoms with Crippen LogP contribution in [0.15, 0.2) is 0 Å². The van der Waals surface area contributed by atoms with Gasteiger partial charge in [0.15, 0.2) is 0 Å². The minimum Gasteiger partial charge on any atom is -0.353 e. The highest BCUT2D eigenvalue weighted by molar-refractivity contribution is 7.80. The molecule has 0 aliphatic heterocycles. The van der Waals surface area contributed by atoms with Gasteiger partial charge in [-0.25, -0.2) is 0 Å². The number of thiol groups is 2. The summed E-state index contributed by atoms with van der Waals surface area (Å²) < 4.78 is 0. The first-order chi connectivity index (χ1) is 13.8. The van der Waals surface area contributed by atoms with Crippen LogP contribution in [0.1, 0.15) is 61.3 Å². The number of nitrogens with one attached hydrogen (secondary N) is 3. The molecule has 0 fully saturated rings. The molecule has 0 aromatic rings. The molecule has 9 heteroatoms. The molecule has 7 nitrogen and oxygen atoms in total. The van der Waals surface area contributed by atoms with Gasteiger partial charge in [0.25, 0.3) is 0 Å². The van der Waals surface area contributed by atoms with Gasteiger partial charge in [-0.3, -0.25) is 19.2 Å². The molecule has 0 rings (SSSR count). The molecular weight excluding hydrogens is 422 g/mol. The lowest BCUT2D eigenvalue weighted by atomic mass is 9.93. The van der Waals surface area contributed by atoms with Gasteiger partial charge in [-0.05, 0) is 31.1 Å². The van der Waals surface area contributed by atoms with Gasteiger partial charge in [0, 0.05) is 30.9 Å². The summed E-state index contributed by atoms with van der Waals surface area (Å²) in [5.74, 6) is 1.72. The third kappa shape index (κ3) is 16.6. The average molecular weight is 464 g/mol. The van der Waals surface area contributed by atoms with Crippen LogP contribution in [0.25, 0.3) is 0 Å². The van der Waals surface area contributed by atoms with Crippen LogP contribution in [0.5, 0.6) is 0 Å². The van der Waals surface area contributed by atoms with Crippen molar-refractivity contribution in [2.75, 3.05) is 18.1 Å². The highest BCUT2D eigenvalue weighted by Crippen LogP contribution is 2.15. The monoisotopic (exact) mass is 463 g/mol. The molecule has 0 radical (unpaired) electrons. The van der Waals surface area contributed by atoms with Gasteiger partial charge in [0.05, 0.1) is 6.54 Å². The number of hydrogen-bond acceptors (Lipinski definition) is 6. The molecule has 0 aliphatic rings. The number of carbonyl (C=O) groups excluding carboxylic acids is 4. The minimum absolute atomic E-state index is 0.0211. The topological polar surface area (TPSA) is 104 Å². The predicted octanol–water partition coefficient (Wildman–Crippen LogP) is 2.26. The van der Waals surface area contributed by atoms with E-state index in [4.69, 9.17) is 0 Å². The van der Waals surface area contributed by atoms with E-state index in [0.717, 1.165) is 6.42 Å². The van der Waals surface area contributed by atoms with E-state index in [1.807, 2.05) is 0 Å². The van der Waals surface area contributed by atoms with Crippen molar-refractivity contribution in [1.82, 2.24) is 16.0 Å². The van der Waals surface area contributed by atoms with E-state index in [1.165, 1.54) is 13.8 Å². The number of rotatable bonds is 12. The Kier molecular flexibility index (Phi) is 18.0. The van der Waals surface area contributed by atoms with Crippen molar-refractivity contribution < 1.29 is 19.2 Å². The lowest BCUT2D eigenvalue weighted by Gasteiger charge is -2.18. The fourth-order valence-electron chi connectivity index (χ4n) is 2.17. The van der Waals surface area contributed by atoms with Gasteiger partial charge in [-0.2, -0.15) is 25.3 Å². The summed E-state index contributed by atoms with van der Waals surface area (Å²) in [5, 5.41) is 7.93. The molecule has 0 spiro atoms. The number of ketones is 1. The van der Waals surface area contributed by atoms with Crippen molar-refractivity contribution in [3.05, 3.63) is 0 Å². The zero-order valence-corrected chi connectivity index (χ0v) is 21.2. The van der Waals surface area contributed by atoms with Crippen LogP contribution in [-0.4, -0.2) is 53.6 Å². The Morgan fingerprint density at radius 2 is 1.40 bits per heavy atom. The van der Waals surface area contributed by atoms with Crippen LogP contribution in [0.2, 0.25) is 0 Å². The molecule has 0 aromatic heterocycles. The van der Waals surface area contributed by atoms with E-state index in [0.29, 0.717) is 29.9 Å². The Bertz CT molecular complexity index is 542. The molecule has 0 aromatic carbocycles. The van der Waals surface area contributed by atoms with Crippen LogP contribution in [0.4, 0.5) is 0 Å². The normalized spacial score (nSPS) is 13.6. The van der Waals surface area contributed by atoms with Gasteiger partial charge in [-0.1, -0.05) is 34.6 Å². The van der Waals surface area contributed by atoms with Gasteiger partial charge >= 0.3 is 0 Å². The molecule has 0 aliphatic carbocycles. The maximum Gasteiger partial charge on any atom is 0.243 e. The van der Waals surface area contributed by atoms with Gasteiger partial charge < -0.3 is 16.0 Å². The second-order valence-electron chi connectivity index (χ2n) is 8.22. The minimum atomic E-state index is -0.695. The number of Topliss-reactive ketones (excluding diaryl/α,β-unsaturated/α-hetero) is 1. The smallest absolute Gasteiger partial charge is 0.243 e. The van der Waals surface area contributed by atoms with Crippen molar-refractivity contribution in [3.63, 3.8) is 0 Å². The van der Waals surface area contributed by atoms with E-state index in [1.54, 1.807) is 0 Å². The third-order valence-corrected chi connectivity index (χ3v) is 5.46. The number of carbonyl (C=O) groups is 4. The van der Waals surface area contributed by atoms with Crippen molar-refractivity contribution in [2.45, 2.75) is 73.4 Å². The highest BCUT2D eigenvalue weighted by atomic mass is 32.1. The summed E-state index contributed by atoms with van der Waals surface area (Å²) in [6, 6.07) is -0.486. The summed E-state index contributed by atoms with van der Waals surface area (Å²) in [7, 11) is 0. The van der Waals surface area contributed by atoms with Crippen LogP contribution >= 0.6 is 25.3 Å². The molecule has 3 N–H and O–H groups in total. The second kappa shape index (κ2) is 17.5. The van der Waals surface area contributed by atoms with Crippen LogP contribution in [-0.2, 0) is 19.2 Å². The van der Waals surface area contributed by atoms with Crippen molar-refractivity contribution in [1.29, 1.82) is 0 Å². The van der Waals surface area contributed by atoms with Crippen molar-refractivity contribution in [3.8, 4) is 0 Å². The summed E-state index contributed by atoms with van der Waals surface area (Å²) in [4.78, 5) is 44.9. The maximum atomic E-state index is 11.8. The molecule has 0 saturated carbocycles. The Labute approximate surface area is 193 Å². The quantitative estimate of drug-likeness (QED) is 0.286. The fraction of sp³-hybridized carbons (Fsp3) is 0.810. The van der Waals surface area contributed by atoms with E-state index in [2.05, 4.69) is 75.8 Å². The maximum absolute atomic E-state index is 11.8. The lowest BCUT2D eigenvalue weighted by molar-refractivity contribution is -0.129.